The summed E-state index contributed by atoms with van der Waals surface area (Å²) >= 11 is 3.44. The maximum absolute atomic E-state index is 5.35. The molecule has 22 heavy (non-hydrogen) atoms. The molecule has 1 heterocycles. The van der Waals surface area contributed by atoms with E-state index in [9.17, 15) is 0 Å². The van der Waals surface area contributed by atoms with Crippen molar-refractivity contribution in [1.29, 1.82) is 0 Å². The molecular formula is C17H15BrN2O2. The Morgan fingerprint density at radius 1 is 0.909 bits per heavy atom. The lowest BCUT2D eigenvalue weighted by molar-refractivity contribution is 0.355. The second-order valence-corrected chi connectivity index (χ2v) is 5.78. The molecule has 0 fully saturated rings. The molecular weight excluding hydrogens is 344 g/mol. The Labute approximate surface area is 137 Å². The number of methoxy groups -OCH3 is 2. The zero-order chi connectivity index (χ0) is 15.7. The van der Waals surface area contributed by atoms with Crippen molar-refractivity contribution in [3.05, 3.63) is 46.6 Å². The first-order valence-electron chi connectivity index (χ1n) is 6.78. The van der Waals surface area contributed by atoms with Crippen molar-refractivity contribution in [2.24, 2.45) is 0 Å². The van der Waals surface area contributed by atoms with E-state index in [-0.39, 0.29) is 0 Å². The molecule has 0 saturated carbocycles. The van der Waals surface area contributed by atoms with Crippen LogP contribution in [0.1, 0.15) is 5.69 Å². The van der Waals surface area contributed by atoms with Gasteiger partial charge in [0.15, 0.2) is 17.3 Å². The minimum absolute atomic E-state index is 0.662. The number of hydrogen-bond acceptors (Lipinski definition) is 4. The smallest absolute Gasteiger partial charge is 0.162 e. The Hall–Kier alpha value is -2.14. The van der Waals surface area contributed by atoms with Crippen molar-refractivity contribution in [2.45, 2.75) is 6.92 Å². The number of hydrogen-bond donors (Lipinski definition) is 0. The number of fused-ring (bicyclic) bond motifs is 1. The van der Waals surface area contributed by atoms with Gasteiger partial charge >= 0.3 is 0 Å². The zero-order valence-electron chi connectivity index (χ0n) is 12.6. The maximum Gasteiger partial charge on any atom is 0.162 e. The van der Waals surface area contributed by atoms with E-state index in [0.717, 1.165) is 26.6 Å². The monoisotopic (exact) mass is 358 g/mol. The predicted octanol–water partition coefficient (Wildman–Crippen LogP) is 4.38. The van der Waals surface area contributed by atoms with Gasteiger partial charge < -0.3 is 9.47 Å². The third kappa shape index (κ3) is 2.64. The largest absolute Gasteiger partial charge is 0.493 e. The van der Waals surface area contributed by atoms with Crippen molar-refractivity contribution in [2.75, 3.05) is 14.2 Å². The lowest BCUT2D eigenvalue weighted by atomic mass is 10.1. The van der Waals surface area contributed by atoms with E-state index in [2.05, 4.69) is 25.9 Å². The number of nitrogens with zero attached hydrogens (tertiary/aromatic N) is 2. The normalized spacial score (nSPS) is 10.7. The molecule has 4 nitrogen and oxygen atoms in total. The summed E-state index contributed by atoms with van der Waals surface area (Å²) in [5, 5.41) is 0.957. The first-order chi connectivity index (χ1) is 10.6. The molecule has 0 aliphatic heterocycles. The number of aromatic nitrogens is 2. The van der Waals surface area contributed by atoms with Gasteiger partial charge in [-0.3, -0.25) is 0 Å². The predicted molar refractivity (Wildman–Crippen MR) is 90.5 cm³/mol. The van der Waals surface area contributed by atoms with E-state index >= 15 is 0 Å². The molecule has 0 amide bonds. The first kappa shape index (κ1) is 14.8. The number of ether oxygens (including phenoxy) is 2. The molecule has 0 N–H and O–H groups in total. The highest BCUT2D eigenvalue weighted by atomic mass is 79.9. The number of aryl methyl sites for hydroxylation is 1. The molecule has 0 spiro atoms. The lowest BCUT2D eigenvalue weighted by Crippen LogP contribution is -1.97. The molecule has 0 unspecified atom stereocenters. The van der Waals surface area contributed by atoms with E-state index in [1.54, 1.807) is 14.2 Å². The van der Waals surface area contributed by atoms with Crippen molar-refractivity contribution in [3.8, 4) is 22.9 Å². The quantitative estimate of drug-likeness (QED) is 0.696. The van der Waals surface area contributed by atoms with E-state index < -0.39 is 0 Å². The highest BCUT2D eigenvalue weighted by Gasteiger charge is 2.12. The average Bonchev–Trinajstić information content (AvgIpc) is 2.54. The van der Waals surface area contributed by atoms with Gasteiger partial charge in [-0.25, -0.2) is 9.97 Å². The van der Waals surface area contributed by atoms with Crippen molar-refractivity contribution >= 4 is 26.8 Å². The summed E-state index contributed by atoms with van der Waals surface area (Å²) in [5.74, 6) is 2.04. The van der Waals surface area contributed by atoms with Gasteiger partial charge in [-0.2, -0.15) is 0 Å². The van der Waals surface area contributed by atoms with Crippen molar-refractivity contribution < 1.29 is 9.47 Å². The Balaban J connectivity index is 2.21. The third-order valence-corrected chi connectivity index (χ3v) is 4.02. The van der Waals surface area contributed by atoms with Gasteiger partial charge in [0, 0.05) is 27.2 Å². The lowest BCUT2D eigenvalue weighted by Gasteiger charge is -2.11. The summed E-state index contributed by atoms with van der Waals surface area (Å²) in [6, 6.07) is 11.7. The molecule has 0 aliphatic carbocycles. The Morgan fingerprint density at radius 2 is 1.55 bits per heavy atom. The van der Waals surface area contributed by atoms with Gasteiger partial charge in [-0.1, -0.05) is 28.1 Å². The highest BCUT2D eigenvalue weighted by molar-refractivity contribution is 9.10. The van der Waals surface area contributed by atoms with Gasteiger partial charge in [-0.15, -0.1) is 0 Å². The Bertz CT molecular complexity index is 832. The van der Waals surface area contributed by atoms with Crippen LogP contribution in [0.5, 0.6) is 11.5 Å². The molecule has 2 aromatic carbocycles. The van der Waals surface area contributed by atoms with Gasteiger partial charge in [0.05, 0.1) is 19.7 Å². The summed E-state index contributed by atoms with van der Waals surface area (Å²) in [4.78, 5) is 9.27. The molecule has 0 radical (unpaired) electrons. The van der Waals surface area contributed by atoms with Crippen LogP contribution in [0.3, 0.4) is 0 Å². The Morgan fingerprint density at radius 3 is 2.18 bits per heavy atom. The topological polar surface area (TPSA) is 44.2 Å². The van der Waals surface area contributed by atoms with Crippen LogP contribution in [0.4, 0.5) is 0 Å². The molecule has 0 aliphatic rings. The van der Waals surface area contributed by atoms with E-state index in [1.807, 2.05) is 43.3 Å². The fourth-order valence-corrected chi connectivity index (χ4v) is 2.60. The van der Waals surface area contributed by atoms with Crippen LogP contribution < -0.4 is 9.47 Å². The summed E-state index contributed by atoms with van der Waals surface area (Å²) in [5.41, 5.74) is 2.72. The summed E-state index contributed by atoms with van der Waals surface area (Å²) in [6.45, 7) is 1.97. The molecule has 0 atom stereocenters. The van der Waals surface area contributed by atoms with Crippen LogP contribution in [-0.4, -0.2) is 24.2 Å². The van der Waals surface area contributed by atoms with Crippen LogP contribution >= 0.6 is 15.9 Å². The third-order valence-electron chi connectivity index (χ3n) is 3.49. The zero-order valence-corrected chi connectivity index (χ0v) is 14.1. The molecule has 3 aromatic rings. The first-order valence-corrected chi connectivity index (χ1v) is 7.58. The molecule has 0 bridgehead atoms. The molecule has 3 rings (SSSR count). The summed E-state index contributed by atoms with van der Waals surface area (Å²) < 4.78 is 11.7. The van der Waals surface area contributed by atoms with E-state index in [4.69, 9.17) is 9.47 Å². The Kier molecular flexibility index (Phi) is 3.98. The fraction of sp³-hybridized carbons (Fsp3) is 0.176. The molecule has 112 valence electrons. The molecule has 5 heteroatoms. The minimum Gasteiger partial charge on any atom is -0.493 e. The second kappa shape index (κ2) is 5.93. The van der Waals surface area contributed by atoms with Gasteiger partial charge in [0.1, 0.15) is 0 Å². The van der Waals surface area contributed by atoms with Gasteiger partial charge in [0.2, 0.25) is 0 Å². The highest BCUT2D eigenvalue weighted by Crippen LogP contribution is 2.33. The number of rotatable bonds is 3. The molecule has 0 saturated heterocycles. The van der Waals surface area contributed by atoms with Crippen molar-refractivity contribution in [3.63, 3.8) is 0 Å². The fourth-order valence-electron chi connectivity index (χ4n) is 2.34. The van der Waals surface area contributed by atoms with Gasteiger partial charge in [-0.05, 0) is 25.1 Å². The standard InChI is InChI=1S/C17H15BrN2O2/c1-10-13-8-15(21-2)16(22-3)9-14(13)20-17(19-10)11-4-6-12(18)7-5-11/h4-9H,1-3H3. The minimum atomic E-state index is 0.662. The maximum atomic E-state index is 5.35. The SMILES string of the molecule is COc1cc2nc(-c3ccc(Br)cc3)nc(C)c2cc1OC. The van der Waals surface area contributed by atoms with Crippen LogP contribution in [-0.2, 0) is 0 Å². The van der Waals surface area contributed by atoms with Gasteiger partial charge in [0.25, 0.3) is 0 Å². The molecule has 1 aromatic heterocycles. The average molecular weight is 359 g/mol. The number of halogens is 1. The van der Waals surface area contributed by atoms with Crippen LogP contribution in [0.25, 0.3) is 22.3 Å². The summed E-state index contributed by atoms with van der Waals surface area (Å²) in [7, 11) is 3.24. The van der Waals surface area contributed by atoms with E-state index in [0.29, 0.717) is 17.3 Å². The van der Waals surface area contributed by atoms with Crippen LogP contribution in [0, 0.1) is 6.92 Å². The number of benzene rings is 2. The second-order valence-electron chi connectivity index (χ2n) is 4.86. The van der Waals surface area contributed by atoms with Crippen LogP contribution in [0.2, 0.25) is 0 Å². The van der Waals surface area contributed by atoms with E-state index in [1.165, 1.54) is 0 Å². The van der Waals surface area contributed by atoms with Crippen molar-refractivity contribution in [1.82, 2.24) is 9.97 Å². The summed E-state index contributed by atoms with van der Waals surface area (Å²) in [6.07, 6.45) is 0. The van der Waals surface area contributed by atoms with Crippen LogP contribution in [0.15, 0.2) is 40.9 Å².